The van der Waals surface area contributed by atoms with Gasteiger partial charge < -0.3 is 14.8 Å². The number of aryl methyl sites for hydroxylation is 1. The van der Waals surface area contributed by atoms with Crippen molar-refractivity contribution in [2.24, 2.45) is 0 Å². The van der Waals surface area contributed by atoms with Gasteiger partial charge in [-0.2, -0.15) is 5.10 Å². The third kappa shape index (κ3) is 4.39. The number of hydrogen-bond donors (Lipinski definition) is 2. The Bertz CT molecular complexity index is 1250. The highest BCUT2D eigenvalue weighted by Crippen LogP contribution is 2.33. The lowest BCUT2D eigenvalue weighted by Gasteiger charge is -2.13. The van der Waals surface area contributed by atoms with Crippen LogP contribution in [0.5, 0.6) is 11.6 Å². The second kappa shape index (κ2) is 9.47. The number of carbonyl (C=O) groups excluding carboxylic acids is 1. The van der Waals surface area contributed by atoms with E-state index in [0.29, 0.717) is 48.0 Å². The van der Waals surface area contributed by atoms with Crippen LogP contribution in [0.1, 0.15) is 28.5 Å². The van der Waals surface area contributed by atoms with Gasteiger partial charge in [0.25, 0.3) is 5.91 Å². The molecule has 3 heterocycles. The van der Waals surface area contributed by atoms with E-state index in [2.05, 4.69) is 20.5 Å². The van der Waals surface area contributed by atoms with Gasteiger partial charge in [-0.25, -0.2) is 9.97 Å². The Morgan fingerprint density at radius 2 is 2.09 bits per heavy atom. The van der Waals surface area contributed by atoms with Gasteiger partial charge in [-0.15, -0.1) is 0 Å². The number of benzene rings is 1. The van der Waals surface area contributed by atoms with Gasteiger partial charge in [-0.3, -0.25) is 9.89 Å². The molecule has 2 N–H and O–H groups in total. The molecule has 4 aromatic rings. The van der Waals surface area contributed by atoms with Crippen molar-refractivity contribution in [2.45, 2.75) is 20.3 Å². The van der Waals surface area contributed by atoms with Crippen LogP contribution in [0.2, 0.25) is 0 Å². The van der Waals surface area contributed by atoms with Crippen molar-refractivity contribution in [2.75, 3.05) is 20.3 Å². The van der Waals surface area contributed by atoms with E-state index in [-0.39, 0.29) is 5.91 Å². The Kier molecular flexibility index (Phi) is 6.30. The van der Waals surface area contributed by atoms with Gasteiger partial charge in [-0.05, 0) is 56.2 Å². The number of pyridine rings is 2. The van der Waals surface area contributed by atoms with Crippen LogP contribution in [0.25, 0.3) is 22.2 Å². The Morgan fingerprint density at radius 1 is 1.22 bits per heavy atom. The lowest BCUT2D eigenvalue weighted by Crippen LogP contribution is -2.25. The first kappa shape index (κ1) is 21.3. The van der Waals surface area contributed by atoms with Crippen molar-refractivity contribution in [3.8, 4) is 22.9 Å². The number of aromatic amines is 1. The van der Waals surface area contributed by atoms with Gasteiger partial charge in [0.05, 0.1) is 36.2 Å². The average molecular weight is 431 g/mol. The van der Waals surface area contributed by atoms with Crippen molar-refractivity contribution < 1.29 is 14.3 Å². The number of methoxy groups -OCH3 is 1. The molecule has 1 amide bonds. The van der Waals surface area contributed by atoms with E-state index in [4.69, 9.17) is 14.5 Å². The first-order chi connectivity index (χ1) is 15.6. The van der Waals surface area contributed by atoms with E-state index >= 15 is 0 Å². The number of aromatic nitrogens is 4. The number of ether oxygens (including phenoxy) is 2. The minimum atomic E-state index is -0.155. The quantitative estimate of drug-likeness (QED) is 0.441. The zero-order chi connectivity index (χ0) is 22.5. The van der Waals surface area contributed by atoms with Gasteiger partial charge in [0.15, 0.2) is 0 Å². The summed E-state index contributed by atoms with van der Waals surface area (Å²) in [5, 5.41) is 10.7. The molecule has 0 aliphatic heterocycles. The molecule has 0 atom stereocenters. The standard InChI is InChI=1S/C24H25N5O3/c1-4-32-22-13-21(19-6-5-10-26-24(19)31-3)28-20-12-16(7-8-18(20)22)23(30)25-11-9-17-14-27-29-15(17)2/h5-8,10,12-14H,4,9,11H2,1-3H3,(H,25,30)(H,27,29). The Morgan fingerprint density at radius 3 is 2.84 bits per heavy atom. The summed E-state index contributed by atoms with van der Waals surface area (Å²) in [5.74, 6) is 1.02. The van der Waals surface area contributed by atoms with Crippen molar-refractivity contribution in [3.63, 3.8) is 0 Å². The molecular formula is C24H25N5O3. The molecule has 4 rings (SSSR count). The van der Waals surface area contributed by atoms with Crippen LogP contribution in [-0.4, -0.2) is 46.3 Å². The van der Waals surface area contributed by atoms with Crippen molar-refractivity contribution in [3.05, 3.63) is 65.6 Å². The first-order valence-electron chi connectivity index (χ1n) is 10.4. The molecule has 0 bridgehead atoms. The van der Waals surface area contributed by atoms with E-state index in [0.717, 1.165) is 22.2 Å². The maximum atomic E-state index is 12.7. The Hall–Kier alpha value is -3.94. The van der Waals surface area contributed by atoms with Crippen molar-refractivity contribution >= 4 is 16.8 Å². The van der Waals surface area contributed by atoms with E-state index in [1.165, 1.54) is 0 Å². The predicted octanol–water partition coefficient (Wildman–Crippen LogP) is 3.71. The topological polar surface area (TPSA) is 102 Å². The molecule has 0 aliphatic carbocycles. The van der Waals surface area contributed by atoms with Crippen LogP contribution in [-0.2, 0) is 6.42 Å². The largest absolute Gasteiger partial charge is 0.493 e. The van der Waals surface area contributed by atoms with Gasteiger partial charge in [-0.1, -0.05) is 0 Å². The number of amides is 1. The highest BCUT2D eigenvalue weighted by Gasteiger charge is 2.15. The lowest BCUT2D eigenvalue weighted by molar-refractivity contribution is 0.0954. The molecule has 8 heteroatoms. The minimum Gasteiger partial charge on any atom is -0.493 e. The molecule has 0 saturated carbocycles. The number of nitrogens with one attached hydrogen (secondary N) is 2. The molecule has 0 radical (unpaired) electrons. The van der Waals surface area contributed by atoms with Crippen LogP contribution in [0.15, 0.2) is 48.8 Å². The first-order valence-corrected chi connectivity index (χ1v) is 10.4. The van der Waals surface area contributed by atoms with Crippen LogP contribution in [0.3, 0.4) is 0 Å². The SMILES string of the molecule is CCOc1cc(-c2cccnc2OC)nc2cc(C(=O)NCCc3c[nH]nc3C)ccc12. The van der Waals surface area contributed by atoms with Crippen molar-refractivity contribution in [1.82, 2.24) is 25.5 Å². The summed E-state index contributed by atoms with van der Waals surface area (Å²) >= 11 is 0. The number of fused-ring (bicyclic) bond motifs is 1. The number of hydrogen-bond acceptors (Lipinski definition) is 6. The second-order valence-corrected chi connectivity index (χ2v) is 7.23. The molecule has 3 aromatic heterocycles. The number of carbonyl (C=O) groups is 1. The number of rotatable bonds is 8. The summed E-state index contributed by atoms with van der Waals surface area (Å²) in [4.78, 5) is 21.8. The summed E-state index contributed by atoms with van der Waals surface area (Å²) in [5.41, 5.74) is 4.64. The normalized spacial score (nSPS) is 10.8. The van der Waals surface area contributed by atoms with Gasteiger partial charge in [0.2, 0.25) is 5.88 Å². The third-order valence-corrected chi connectivity index (χ3v) is 5.19. The molecule has 32 heavy (non-hydrogen) atoms. The van der Waals surface area contributed by atoms with Crippen LogP contribution < -0.4 is 14.8 Å². The zero-order valence-corrected chi connectivity index (χ0v) is 18.3. The van der Waals surface area contributed by atoms with Crippen LogP contribution in [0, 0.1) is 6.92 Å². The second-order valence-electron chi connectivity index (χ2n) is 7.23. The third-order valence-electron chi connectivity index (χ3n) is 5.19. The molecule has 0 fully saturated rings. The maximum absolute atomic E-state index is 12.7. The lowest BCUT2D eigenvalue weighted by atomic mass is 10.1. The van der Waals surface area contributed by atoms with Gasteiger partial charge >= 0.3 is 0 Å². The molecule has 8 nitrogen and oxygen atoms in total. The molecular weight excluding hydrogens is 406 g/mol. The number of nitrogens with zero attached hydrogens (tertiary/aromatic N) is 3. The predicted molar refractivity (Wildman–Crippen MR) is 122 cm³/mol. The highest BCUT2D eigenvalue weighted by atomic mass is 16.5. The highest BCUT2D eigenvalue weighted by molar-refractivity contribution is 5.99. The fraction of sp³-hybridized carbons (Fsp3) is 0.250. The summed E-state index contributed by atoms with van der Waals surface area (Å²) in [6.07, 6.45) is 4.23. The summed E-state index contributed by atoms with van der Waals surface area (Å²) < 4.78 is 11.3. The molecule has 0 saturated heterocycles. The molecule has 0 aliphatic rings. The minimum absolute atomic E-state index is 0.155. The van der Waals surface area contributed by atoms with Gasteiger partial charge in [0.1, 0.15) is 5.75 Å². The fourth-order valence-corrected chi connectivity index (χ4v) is 3.55. The Labute approximate surface area is 186 Å². The molecule has 0 unspecified atom stereocenters. The zero-order valence-electron chi connectivity index (χ0n) is 18.3. The summed E-state index contributed by atoms with van der Waals surface area (Å²) in [7, 11) is 1.57. The van der Waals surface area contributed by atoms with E-state index in [1.807, 2.05) is 44.3 Å². The maximum Gasteiger partial charge on any atom is 0.251 e. The van der Waals surface area contributed by atoms with Crippen LogP contribution >= 0.6 is 0 Å². The van der Waals surface area contributed by atoms with E-state index in [9.17, 15) is 4.79 Å². The smallest absolute Gasteiger partial charge is 0.251 e. The Balaban J connectivity index is 1.64. The monoisotopic (exact) mass is 431 g/mol. The number of H-pyrrole nitrogens is 1. The average Bonchev–Trinajstić information content (AvgIpc) is 3.23. The van der Waals surface area contributed by atoms with E-state index < -0.39 is 0 Å². The van der Waals surface area contributed by atoms with E-state index in [1.54, 1.807) is 25.4 Å². The molecule has 1 aromatic carbocycles. The molecule has 0 spiro atoms. The van der Waals surface area contributed by atoms with Crippen molar-refractivity contribution in [1.29, 1.82) is 0 Å². The molecule has 164 valence electrons. The fourth-order valence-electron chi connectivity index (χ4n) is 3.55. The summed E-state index contributed by atoms with van der Waals surface area (Å²) in [6, 6.07) is 11.0. The summed E-state index contributed by atoms with van der Waals surface area (Å²) in [6.45, 7) is 4.90. The van der Waals surface area contributed by atoms with Gasteiger partial charge in [0, 0.05) is 36.0 Å². The van der Waals surface area contributed by atoms with Crippen LogP contribution in [0.4, 0.5) is 0 Å².